The summed E-state index contributed by atoms with van der Waals surface area (Å²) in [6.45, 7) is 4.05. The maximum Gasteiger partial charge on any atom is 0.312 e. The van der Waals surface area contributed by atoms with E-state index >= 15 is 0 Å². The first-order valence-corrected chi connectivity index (χ1v) is 8.18. The summed E-state index contributed by atoms with van der Waals surface area (Å²) < 4.78 is 5.89. The molecule has 22 heavy (non-hydrogen) atoms. The predicted molar refractivity (Wildman–Crippen MR) is 84.7 cm³/mol. The third-order valence-electron chi connectivity index (χ3n) is 5.32. The molecule has 0 amide bonds. The number of benzene rings is 1. The van der Waals surface area contributed by atoms with Crippen LogP contribution in [0.25, 0.3) is 0 Å². The number of fused-ring (bicyclic) bond motifs is 2. The SMILES string of the molecule is CC(C)c1c(O)cccc1CC(=O)OC12CCC(CC1)N2C. The molecular formula is C18H25NO3. The molecule has 0 radical (unpaired) electrons. The molecule has 1 aromatic carbocycles. The highest BCUT2D eigenvalue weighted by Gasteiger charge is 2.52. The zero-order chi connectivity index (χ0) is 15.9. The van der Waals surface area contributed by atoms with E-state index in [0.29, 0.717) is 6.04 Å². The molecule has 120 valence electrons. The van der Waals surface area contributed by atoms with Crippen molar-refractivity contribution in [2.75, 3.05) is 7.05 Å². The van der Waals surface area contributed by atoms with E-state index in [1.165, 1.54) is 0 Å². The average Bonchev–Trinajstić information content (AvgIpc) is 2.90. The van der Waals surface area contributed by atoms with Gasteiger partial charge in [-0.3, -0.25) is 9.69 Å². The van der Waals surface area contributed by atoms with Crippen LogP contribution in [0.5, 0.6) is 5.75 Å². The van der Waals surface area contributed by atoms with E-state index in [0.717, 1.165) is 36.8 Å². The first kappa shape index (κ1) is 15.3. The zero-order valence-electron chi connectivity index (χ0n) is 13.6. The highest BCUT2D eigenvalue weighted by atomic mass is 16.6. The van der Waals surface area contributed by atoms with Crippen LogP contribution in [-0.2, 0) is 16.0 Å². The van der Waals surface area contributed by atoms with Crippen LogP contribution in [0.15, 0.2) is 18.2 Å². The lowest BCUT2D eigenvalue weighted by Crippen LogP contribution is -2.42. The summed E-state index contributed by atoms with van der Waals surface area (Å²) in [5.74, 6) is 0.242. The highest BCUT2D eigenvalue weighted by molar-refractivity contribution is 5.74. The number of hydrogen-bond donors (Lipinski definition) is 1. The summed E-state index contributed by atoms with van der Waals surface area (Å²) in [7, 11) is 2.06. The normalized spacial score (nSPS) is 27.5. The van der Waals surface area contributed by atoms with Gasteiger partial charge in [-0.25, -0.2) is 0 Å². The number of hydrogen-bond acceptors (Lipinski definition) is 4. The van der Waals surface area contributed by atoms with Crippen molar-refractivity contribution < 1.29 is 14.6 Å². The Morgan fingerprint density at radius 2 is 2.09 bits per heavy atom. The van der Waals surface area contributed by atoms with E-state index in [9.17, 15) is 9.90 Å². The van der Waals surface area contributed by atoms with E-state index in [1.54, 1.807) is 12.1 Å². The van der Waals surface area contributed by atoms with Crippen molar-refractivity contribution in [3.63, 3.8) is 0 Å². The average molecular weight is 303 g/mol. The van der Waals surface area contributed by atoms with Gasteiger partial charge < -0.3 is 9.84 Å². The number of nitrogens with zero attached hydrogens (tertiary/aromatic N) is 1. The Morgan fingerprint density at radius 1 is 1.41 bits per heavy atom. The van der Waals surface area contributed by atoms with Gasteiger partial charge in [0.2, 0.25) is 0 Å². The van der Waals surface area contributed by atoms with E-state index in [-0.39, 0.29) is 29.8 Å². The number of rotatable bonds is 4. The molecule has 2 aliphatic heterocycles. The molecule has 2 heterocycles. The van der Waals surface area contributed by atoms with Gasteiger partial charge in [0, 0.05) is 24.4 Å². The minimum atomic E-state index is -0.378. The minimum Gasteiger partial charge on any atom is -0.508 e. The summed E-state index contributed by atoms with van der Waals surface area (Å²) in [4.78, 5) is 14.7. The lowest BCUT2D eigenvalue weighted by molar-refractivity contribution is -0.172. The fraction of sp³-hybridized carbons (Fsp3) is 0.611. The molecule has 2 bridgehead atoms. The highest BCUT2D eigenvalue weighted by Crippen LogP contribution is 2.46. The number of ether oxygens (including phenoxy) is 1. The smallest absolute Gasteiger partial charge is 0.312 e. The Labute approximate surface area is 132 Å². The van der Waals surface area contributed by atoms with Crippen LogP contribution in [0.1, 0.15) is 56.6 Å². The van der Waals surface area contributed by atoms with Crippen molar-refractivity contribution >= 4 is 5.97 Å². The zero-order valence-corrected chi connectivity index (χ0v) is 13.6. The lowest BCUT2D eigenvalue weighted by atomic mass is 9.94. The predicted octanol–water partition coefficient (Wildman–Crippen LogP) is 3.19. The van der Waals surface area contributed by atoms with Gasteiger partial charge >= 0.3 is 5.97 Å². The van der Waals surface area contributed by atoms with Crippen molar-refractivity contribution in [2.24, 2.45) is 0 Å². The molecule has 2 aliphatic rings. The molecule has 0 aliphatic carbocycles. The quantitative estimate of drug-likeness (QED) is 0.868. The van der Waals surface area contributed by atoms with Crippen LogP contribution in [0, 0.1) is 0 Å². The van der Waals surface area contributed by atoms with E-state index in [1.807, 2.05) is 19.9 Å². The molecule has 0 unspecified atom stereocenters. The van der Waals surface area contributed by atoms with Crippen molar-refractivity contribution in [3.05, 3.63) is 29.3 Å². The van der Waals surface area contributed by atoms with E-state index < -0.39 is 0 Å². The van der Waals surface area contributed by atoms with Crippen LogP contribution >= 0.6 is 0 Å². The largest absolute Gasteiger partial charge is 0.508 e. The van der Waals surface area contributed by atoms with E-state index in [4.69, 9.17) is 4.74 Å². The molecule has 3 rings (SSSR count). The molecule has 4 nitrogen and oxygen atoms in total. The maximum atomic E-state index is 12.5. The number of phenols is 1. The molecule has 2 fully saturated rings. The van der Waals surface area contributed by atoms with Crippen LogP contribution in [0.4, 0.5) is 0 Å². The Morgan fingerprint density at radius 3 is 2.64 bits per heavy atom. The van der Waals surface area contributed by atoms with Crippen LogP contribution < -0.4 is 0 Å². The standard InChI is InChI=1S/C18H25NO3/c1-12(2)17-13(5-4-6-15(17)20)11-16(21)22-18-9-7-14(8-10-18)19(18)3/h4-6,12,14,20H,7-11H2,1-3H3. The van der Waals surface area contributed by atoms with Gasteiger partial charge in [0.05, 0.1) is 6.42 Å². The summed E-state index contributed by atoms with van der Waals surface area (Å²) in [5, 5.41) is 10.0. The topological polar surface area (TPSA) is 49.8 Å². The number of carbonyl (C=O) groups excluding carboxylic acids is 1. The molecular weight excluding hydrogens is 278 g/mol. The Hall–Kier alpha value is -1.55. The number of carbonyl (C=O) groups is 1. The first-order chi connectivity index (χ1) is 10.4. The maximum absolute atomic E-state index is 12.5. The monoisotopic (exact) mass is 303 g/mol. The molecule has 0 saturated carbocycles. The summed E-state index contributed by atoms with van der Waals surface area (Å²) in [6.07, 6.45) is 4.34. The fourth-order valence-corrected chi connectivity index (χ4v) is 4.12. The molecule has 0 aromatic heterocycles. The Balaban J connectivity index is 1.74. The Kier molecular flexibility index (Phi) is 3.89. The van der Waals surface area contributed by atoms with Gasteiger partial charge in [0.15, 0.2) is 5.72 Å². The molecule has 0 spiro atoms. The van der Waals surface area contributed by atoms with Crippen LogP contribution in [0.2, 0.25) is 0 Å². The van der Waals surface area contributed by atoms with Gasteiger partial charge in [-0.15, -0.1) is 0 Å². The number of esters is 1. The Bertz CT molecular complexity index is 574. The van der Waals surface area contributed by atoms with Gasteiger partial charge in [0.1, 0.15) is 5.75 Å². The van der Waals surface area contributed by atoms with Crippen molar-refractivity contribution in [1.29, 1.82) is 0 Å². The molecule has 0 atom stereocenters. The van der Waals surface area contributed by atoms with E-state index in [2.05, 4.69) is 11.9 Å². The molecule has 1 aromatic rings. The van der Waals surface area contributed by atoms with Gasteiger partial charge in [0.25, 0.3) is 0 Å². The second-order valence-electron chi connectivity index (χ2n) is 6.94. The van der Waals surface area contributed by atoms with Crippen LogP contribution in [0.3, 0.4) is 0 Å². The molecule has 1 N–H and O–H groups in total. The number of aromatic hydroxyl groups is 1. The van der Waals surface area contributed by atoms with Gasteiger partial charge in [-0.2, -0.15) is 0 Å². The fourth-order valence-electron chi connectivity index (χ4n) is 4.12. The second kappa shape index (κ2) is 5.58. The minimum absolute atomic E-state index is 0.173. The first-order valence-electron chi connectivity index (χ1n) is 8.18. The second-order valence-corrected chi connectivity index (χ2v) is 6.94. The van der Waals surface area contributed by atoms with Crippen molar-refractivity contribution in [2.45, 2.75) is 63.6 Å². The van der Waals surface area contributed by atoms with Gasteiger partial charge in [-0.05, 0) is 37.4 Å². The summed E-state index contributed by atoms with van der Waals surface area (Å²) in [6, 6.07) is 5.94. The lowest BCUT2D eigenvalue weighted by Gasteiger charge is -2.31. The third-order valence-corrected chi connectivity index (χ3v) is 5.32. The summed E-state index contributed by atoms with van der Waals surface area (Å²) >= 11 is 0. The van der Waals surface area contributed by atoms with Crippen molar-refractivity contribution in [3.8, 4) is 5.75 Å². The molecule has 2 saturated heterocycles. The molecule has 4 heteroatoms. The van der Waals surface area contributed by atoms with Gasteiger partial charge in [-0.1, -0.05) is 26.0 Å². The van der Waals surface area contributed by atoms with Crippen LogP contribution in [-0.4, -0.2) is 34.8 Å². The third kappa shape index (κ3) is 2.50. The summed E-state index contributed by atoms with van der Waals surface area (Å²) in [5.41, 5.74) is 1.34. The number of phenolic OH excluding ortho intramolecular Hbond substituents is 1. The van der Waals surface area contributed by atoms with Crippen molar-refractivity contribution in [1.82, 2.24) is 4.90 Å².